The van der Waals surface area contributed by atoms with E-state index in [0.717, 1.165) is 36.0 Å². The van der Waals surface area contributed by atoms with Crippen LogP contribution in [0.4, 0.5) is 0 Å². The van der Waals surface area contributed by atoms with Gasteiger partial charge in [-0.05, 0) is 52.3 Å². The van der Waals surface area contributed by atoms with Crippen molar-refractivity contribution in [1.29, 1.82) is 0 Å². The predicted molar refractivity (Wildman–Crippen MR) is 93.7 cm³/mol. The van der Waals surface area contributed by atoms with E-state index < -0.39 is 0 Å². The Hall–Kier alpha value is -0.360. The van der Waals surface area contributed by atoms with Crippen molar-refractivity contribution in [2.24, 2.45) is 0 Å². The van der Waals surface area contributed by atoms with Crippen LogP contribution >= 0.6 is 59.4 Å². The van der Waals surface area contributed by atoms with Crippen LogP contribution in [0.25, 0.3) is 16.7 Å². The second-order valence-corrected chi connectivity index (χ2v) is 7.18. The third kappa shape index (κ3) is 2.56. The molecule has 0 fully saturated rings. The summed E-state index contributed by atoms with van der Waals surface area (Å²) in [5.74, 6) is 1.18. The highest BCUT2D eigenvalue weighted by molar-refractivity contribution is 9.11. The van der Waals surface area contributed by atoms with Gasteiger partial charge in [-0.3, -0.25) is 4.57 Å². The number of alkyl halides is 1. The van der Waals surface area contributed by atoms with Crippen molar-refractivity contribution >= 4 is 70.4 Å². The molecule has 0 saturated carbocycles. The van der Waals surface area contributed by atoms with E-state index in [0.29, 0.717) is 5.88 Å². The molecule has 2 nitrogen and oxygen atoms in total. The summed E-state index contributed by atoms with van der Waals surface area (Å²) in [4.78, 5) is 4.59. The number of halogens is 4. The first-order chi connectivity index (χ1) is 9.60. The van der Waals surface area contributed by atoms with Gasteiger partial charge in [0.1, 0.15) is 5.82 Å². The molecule has 0 radical (unpaired) electrons. The maximum Gasteiger partial charge on any atom is 0.129 e. The minimum atomic E-state index is 0.356. The molecule has 0 amide bonds. The number of fused-ring (bicyclic) bond motifs is 1. The summed E-state index contributed by atoms with van der Waals surface area (Å²) in [5, 5.41) is 0. The molecule has 3 aromatic rings. The van der Waals surface area contributed by atoms with Crippen LogP contribution in [-0.2, 0) is 5.88 Å². The van der Waals surface area contributed by atoms with Crippen LogP contribution in [0.15, 0.2) is 49.8 Å². The van der Waals surface area contributed by atoms with Crippen LogP contribution in [0.5, 0.6) is 0 Å². The van der Waals surface area contributed by atoms with Crippen molar-refractivity contribution in [3.05, 3.63) is 55.6 Å². The molecule has 20 heavy (non-hydrogen) atoms. The monoisotopic (exact) mass is 476 g/mol. The summed E-state index contributed by atoms with van der Waals surface area (Å²) >= 11 is 16.6. The lowest BCUT2D eigenvalue weighted by molar-refractivity contribution is 0.976. The second kappa shape index (κ2) is 5.79. The molecular weight excluding hydrogens is 471 g/mol. The van der Waals surface area contributed by atoms with Crippen molar-refractivity contribution in [3.8, 4) is 5.69 Å². The Bertz CT molecular complexity index is 798. The molecule has 3 rings (SSSR count). The van der Waals surface area contributed by atoms with Gasteiger partial charge in [0.2, 0.25) is 0 Å². The lowest BCUT2D eigenvalue weighted by atomic mass is 10.3. The number of hydrogen-bond acceptors (Lipinski definition) is 1. The van der Waals surface area contributed by atoms with E-state index >= 15 is 0 Å². The minimum absolute atomic E-state index is 0.356. The Kier molecular flexibility index (Phi) is 4.22. The van der Waals surface area contributed by atoms with E-state index in [1.807, 2.05) is 36.4 Å². The maximum atomic E-state index is 6.06. The summed E-state index contributed by atoms with van der Waals surface area (Å²) in [5.41, 5.74) is 2.97. The van der Waals surface area contributed by atoms with E-state index in [1.165, 1.54) is 0 Å². The van der Waals surface area contributed by atoms with Crippen molar-refractivity contribution in [2.75, 3.05) is 0 Å². The standard InChI is InChI=1S/C14H8Br3ClN2/c15-8-2-4-12(10(17)5-8)20-13-6-9(16)1-3-11(13)19-14(20)7-18/h1-6H,7H2. The molecule has 0 bridgehead atoms. The van der Waals surface area contributed by atoms with E-state index in [9.17, 15) is 0 Å². The average molecular weight is 479 g/mol. The topological polar surface area (TPSA) is 17.8 Å². The fourth-order valence-corrected chi connectivity index (χ4v) is 3.87. The quantitative estimate of drug-likeness (QED) is 0.409. The smallest absolute Gasteiger partial charge is 0.129 e. The second-order valence-electron chi connectivity index (χ2n) is 4.23. The Labute approximate surface area is 146 Å². The zero-order chi connectivity index (χ0) is 14.3. The Morgan fingerprint density at radius 2 is 1.70 bits per heavy atom. The maximum absolute atomic E-state index is 6.06. The predicted octanol–water partition coefficient (Wildman–Crippen LogP) is 6.05. The highest BCUT2D eigenvalue weighted by Crippen LogP contribution is 2.31. The third-order valence-electron chi connectivity index (χ3n) is 2.96. The molecule has 0 aliphatic carbocycles. The fourth-order valence-electron chi connectivity index (χ4n) is 2.12. The summed E-state index contributed by atoms with van der Waals surface area (Å²) in [7, 11) is 0. The van der Waals surface area contributed by atoms with E-state index in [1.54, 1.807) is 0 Å². The zero-order valence-corrected chi connectivity index (χ0v) is 15.6. The summed E-state index contributed by atoms with van der Waals surface area (Å²) < 4.78 is 5.09. The number of rotatable bonds is 2. The SMILES string of the molecule is ClCc1nc2ccc(Br)cc2n1-c1ccc(Br)cc1Br. The van der Waals surface area contributed by atoms with Gasteiger partial charge in [-0.25, -0.2) is 4.98 Å². The van der Waals surface area contributed by atoms with Gasteiger partial charge < -0.3 is 0 Å². The largest absolute Gasteiger partial charge is 0.294 e. The molecule has 102 valence electrons. The molecule has 0 unspecified atom stereocenters. The Balaban J connectivity index is 2.36. The molecule has 1 aromatic heterocycles. The number of imidazole rings is 1. The molecular formula is C14H8Br3ClN2. The van der Waals surface area contributed by atoms with Gasteiger partial charge in [0.25, 0.3) is 0 Å². The first kappa shape index (κ1) is 14.6. The Morgan fingerprint density at radius 3 is 2.40 bits per heavy atom. The van der Waals surface area contributed by atoms with Crippen LogP contribution in [0, 0.1) is 0 Å². The lowest BCUT2D eigenvalue weighted by Gasteiger charge is -2.10. The number of hydrogen-bond donors (Lipinski definition) is 0. The first-order valence-electron chi connectivity index (χ1n) is 5.78. The van der Waals surface area contributed by atoms with Crippen molar-refractivity contribution in [1.82, 2.24) is 9.55 Å². The van der Waals surface area contributed by atoms with E-state index in [-0.39, 0.29) is 0 Å². The summed E-state index contributed by atoms with van der Waals surface area (Å²) in [6.45, 7) is 0. The van der Waals surface area contributed by atoms with Crippen molar-refractivity contribution in [3.63, 3.8) is 0 Å². The van der Waals surface area contributed by atoms with Gasteiger partial charge in [0.05, 0.1) is 22.6 Å². The molecule has 2 aromatic carbocycles. The normalized spacial score (nSPS) is 11.2. The molecule has 0 aliphatic rings. The van der Waals surface area contributed by atoms with Crippen molar-refractivity contribution in [2.45, 2.75) is 5.88 Å². The first-order valence-corrected chi connectivity index (χ1v) is 8.70. The highest BCUT2D eigenvalue weighted by atomic mass is 79.9. The number of benzene rings is 2. The van der Waals surface area contributed by atoms with Crippen LogP contribution in [0.2, 0.25) is 0 Å². The molecule has 0 N–H and O–H groups in total. The Morgan fingerprint density at radius 1 is 1.00 bits per heavy atom. The van der Waals surface area contributed by atoms with Gasteiger partial charge in [-0.2, -0.15) is 0 Å². The van der Waals surface area contributed by atoms with Crippen molar-refractivity contribution < 1.29 is 0 Å². The fraction of sp³-hybridized carbons (Fsp3) is 0.0714. The van der Waals surface area contributed by atoms with E-state index in [2.05, 4.69) is 57.3 Å². The molecule has 6 heteroatoms. The van der Waals surface area contributed by atoms with Crippen LogP contribution in [-0.4, -0.2) is 9.55 Å². The van der Waals surface area contributed by atoms with Gasteiger partial charge in [0, 0.05) is 13.4 Å². The van der Waals surface area contributed by atoms with Crippen LogP contribution in [0.1, 0.15) is 5.82 Å². The van der Waals surface area contributed by atoms with Gasteiger partial charge in [0.15, 0.2) is 0 Å². The van der Waals surface area contributed by atoms with Gasteiger partial charge in [-0.1, -0.05) is 31.9 Å². The molecule has 0 spiro atoms. The van der Waals surface area contributed by atoms with Gasteiger partial charge in [-0.15, -0.1) is 11.6 Å². The van der Waals surface area contributed by atoms with Crippen LogP contribution < -0.4 is 0 Å². The molecule has 0 atom stereocenters. The molecule has 0 aliphatic heterocycles. The van der Waals surface area contributed by atoms with E-state index in [4.69, 9.17) is 11.6 Å². The van der Waals surface area contributed by atoms with Crippen LogP contribution in [0.3, 0.4) is 0 Å². The minimum Gasteiger partial charge on any atom is -0.294 e. The summed E-state index contributed by atoms with van der Waals surface area (Å²) in [6, 6.07) is 12.1. The number of aromatic nitrogens is 2. The zero-order valence-electron chi connectivity index (χ0n) is 10.1. The average Bonchev–Trinajstić information content (AvgIpc) is 2.76. The third-order valence-corrected chi connectivity index (χ3v) is 4.82. The highest BCUT2D eigenvalue weighted by Gasteiger charge is 2.14. The molecule has 1 heterocycles. The molecule has 0 saturated heterocycles. The summed E-state index contributed by atoms with van der Waals surface area (Å²) in [6.07, 6.45) is 0. The number of nitrogens with zero attached hydrogens (tertiary/aromatic N) is 2. The van der Waals surface area contributed by atoms with Gasteiger partial charge >= 0.3 is 0 Å². The lowest BCUT2D eigenvalue weighted by Crippen LogP contribution is -2.00.